The molecule has 1 heterocycles. The number of aliphatic hydroxyl groups is 1. The van der Waals surface area contributed by atoms with Crippen molar-refractivity contribution in [3.8, 4) is 0 Å². The van der Waals surface area contributed by atoms with Crippen molar-refractivity contribution in [1.29, 1.82) is 0 Å². The van der Waals surface area contributed by atoms with Gasteiger partial charge in [-0.2, -0.15) is 0 Å². The Kier molecular flexibility index (Phi) is 4.15. The van der Waals surface area contributed by atoms with Crippen LogP contribution in [0.4, 0.5) is 5.69 Å². The summed E-state index contributed by atoms with van der Waals surface area (Å²) in [5, 5.41) is 12.2. The Morgan fingerprint density at radius 1 is 1.40 bits per heavy atom. The first-order chi connectivity index (χ1) is 9.65. The van der Waals surface area contributed by atoms with Gasteiger partial charge >= 0.3 is 0 Å². The zero-order chi connectivity index (χ0) is 14.1. The summed E-state index contributed by atoms with van der Waals surface area (Å²) in [4.78, 5) is 3.82. The van der Waals surface area contributed by atoms with E-state index in [1.165, 1.54) is 23.4 Å². The molecule has 106 valence electrons. The molecule has 1 aromatic carbocycles. The Labute approximate surface area is 132 Å². The predicted molar refractivity (Wildman–Crippen MR) is 88.3 cm³/mol. The molecule has 1 atom stereocenters. The number of halogens is 1. The van der Waals surface area contributed by atoms with Crippen LogP contribution in [0.3, 0.4) is 0 Å². The summed E-state index contributed by atoms with van der Waals surface area (Å²) in [7, 11) is 0. The molecule has 2 nitrogen and oxygen atoms in total. The molecule has 0 radical (unpaired) electrons. The van der Waals surface area contributed by atoms with Gasteiger partial charge in [-0.1, -0.05) is 22.0 Å². The fraction of sp³-hybridized carbons (Fsp3) is 0.375. The minimum atomic E-state index is -0.452. The number of aliphatic hydroxyl groups excluding tert-OH is 1. The minimum Gasteiger partial charge on any atom is -0.389 e. The summed E-state index contributed by atoms with van der Waals surface area (Å²) in [6, 6.07) is 11.1. The number of anilines is 1. The lowest BCUT2D eigenvalue weighted by molar-refractivity contribution is 0.199. The average molecular weight is 352 g/mol. The van der Waals surface area contributed by atoms with Crippen LogP contribution in [0, 0.1) is 0 Å². The molecule has 1 saturated carbocycles. The molecule has 20 heavy (non-hydrogen) atoms. The number of thiophene rings is 1. The van der Waals surface area contributed by atoms with Crippen LogP contribution >= 0.6 is 27.3 Å². The second kappa shape index (κ2) is 5.88. The van der Waals surface area contributed by atoms with Gasteiger partial charge in [0.1, 0.15) is 0 Å². The Balaban J connectivity index is 1.95. The minimum absolute atomic E-state index is 0.452. The monoisotopic (exact) mass is 351 g/mol. The van der Waals surface area contributed by atoms with Crippen molar-refractivity contribution in [3.05, 3.63) is 50.6 Å². The third kappa shape index (κ3) is 3.08. The fourth-order valence-electron chi connectivity index (χ4n) is 2.49. The first kappa shape index (κ1) is 14.1. The van der Waals surface area contributed by atoms with Gasteiger partial charge in [-0.15, -0.1) is 11.3 Å². The molecule has 0 amide bonds. The number of rotatable bonds is 5. The van der Waals surface area contributed by atoms with Crippen LogP contribution in [0.1, 0.15) is 36.3 Å². The molecule has 4 heteroatoms. The zero-order valence-electron chi connectivity index (χ0n) is 11.4. The van der Waals surface area contributed by atoms with Crippen molar-refractivity contribution < 1.29 is 5.11 Å². The van der Waals surface area contributed by atoms with Gasteiger partial charge in [0.05, 0.1) is 12.6 Å². The van der Waals surface area contributed by atoms with Gasteiger partial charge in [0, 0.05) is 26.6 Å². The van der Waals surface area contributed by atoms with Crippen LogP contribution in [0.2, 0.25) is 0 Å². The Morgan fingerprint density at radius 2 is 2.20 bits per heavy atom. The van der Waals surface area contributed by atoms with E-state index in [2.05, 4.69) is 50.5 Å². The molecule has 3 rings (SSSR count). The Bertz CT molecular complexity index is 578. The molecule has 0 spiro atoms. The first-order valence-corrected chi connectivity index (χ1v) is 8.59. The number of benzene rings is 1. The van der Waals surface area contributed by atoms with Crippen molar-refractivity contribution in [2.24, 2.45) is 0 Å². The second-order valence-corrected chi connectivity index (χ2v) is 7.27. The molecule has 2 aromatic rings. The van der Waals surface area contributed by atoms with Gasteiger partial charge < -0.3 is 10.0 Å². The highest BCUT2D eigenvalue weighted by Crippen LogP contribution is 2.38. The maximum Gasteiger partial charge on any atom is 0.0782 e. The highest BCUT2D eigenvalue weighted by molar-refractivity contribution is 9.10. The first-order valence-electron chi connectivity index (χ1n) is 6.91. The van der Waals surface area contributed by atoms with Gasteiger partial charge in [-0.3, -0.25) is 0 Å². The quantitative estimate of drug-likeness (QED) is 0.841. The molecule has 1 fully saturated rings. The normalized spacial score (nSPS) is 16.1. The lowest BCUT2D eigenvalue weighted by Gasteiger charge is -2.28. The van der Waals surface area contributed by atoms with Crippen molar-refractivity contribution in [1.82, 2.24) is 0 Å². The van der Waals surface area contributed by atoms with Crippen LogP contribution in [0.25, 0.3) is 0 Å². The molecule has 1 aliphatic carbocycles. The van der Waals surface area contributed by atoms with Gasteiger partial charge in [0.25, 0.3) is 0 Å². The van der Waals surface area contributed by atoms with Crippen molar-refractivity contribution in [2.75, 3.05) is 4.90 Å². The molecular formula is C16H18BrNOS. The Hall–Kier alpha value is -0.840. The highest BCUT2D eigenvalue weighted by atomic mass is 79.9. The lowest BCUT2D eigenvalue weighted by Crippen LogP contribution is -2.26. The van der Waals surface area contributed by atoms with Crippen LogP contribution in [-0.4, -0.2) is 11.1 Å². The molecule has 0 saturated heterocycles. The van der Waals surface area contributed by atoms with E-state index in [9.17, 15) is 5.11 Å². The summed E-state index contributed by atoms with van der Waals surface area (Å²) < 4.78 is 1.02. The highest BCUT2D eigenvalue weighted by Gasteiger charge is 2.31. The topological polar surface area (TPSA) is 23.5 Å². The summed E-state index contributed by atoms with van der Waals surface area (Å²) >= 11 is 5.29. The van der Waals surface area contributed by atoms with Gasteiger partial charge in [0.15, 0.2) is 0 Å². The second-order valence-electron chi connectivity index (χ2n) is 5.32. The standard InChI is InChI=1S/C16H18BrNOS/c1-11(19)15-9-12(17)4-7-16(15)18(13-5-6-13)10-14-3-2-8-20-14/h2-4,7-9,11,13,19H,5-6,10H2,1H3. The van der Waals surface area contributed by atoms with E-state index in [-0.39, 0.29) is 0 Å². The summed E-state index contributed by atoms with van der Waals surface area (Å²) in [6.07, 6.45) is 2.05. The van der Waals surface area contributed by atoms with Gasteiger partial charge in [-0.25, -0.2) is 0 Å². The van der Waals surface area contributed by atoms with Gasteiger partial charge in [-0.05, 0) is 49.4 Å². The predicted octanol–water partition coefficient (Wildman–Crippen LogP) is 4.73. The third-order valence-corrected chi connectivity index (χ3v) is 5.00. The summed E-state index contributed by atoms with van der Waals surface area (Å²) in [5.74, 6) is 0. The maximum atomic E-state index is 10.1. The maximum absolute atomic E-state index is 10.1. The molecule has 1 aromatic heterocycles. The SMILES string of the molecule is CC(O)c1cc(Br)ccc1N(Cc1cccs1)C1CC1. The van der Waals surface area contributed by atoms with Gasteiger partial charge in [0.2, 0.25) is 0 Å². The summed E-state index contributed by atoms with van der Waals surface area (Å²) in [6.45, 7) is 2.77. The number of nitrogens with zero attached hydrogens (tertiary/aromatic N) is 1. The molecule has 1 aliphatic rings. The fourth-order valence-corrected chi connectivity index (χ4v) is 3.57. The van der Waals surface area contributed by atoms with E-state index in [1.807, 2.05) is 13.0 Å². The van der Waals surface area contributed by atoms with Crippen molar-refractivity contribution in [3.63, 3.8) is 0 Å². The van der Waals surface area contributed by atoms with E-state index < -0.39 is 6.10 Å². The van der Waals surface area contributed by atoms with Crippen LogP contribution in [0.5, 0.6) is 0 Å². The average Bonchev–Trinajstić information content (AvgIpc) is 3.13. The molecule has 0 aliphatic heterocycles. The molecular weight excluding hydrogens is 334 g/mol. The number of hydrogen-bond donors (Lipinski definition) is 1. The zero-order valence-corrected chi connectivity index (χ0v) is 13.8. The largest absolute Gasteiger partial charge is 0.389 e. The van der Waals surface area contributed by atoms with E-state index in [0.717, 1.165) is 16.6 Å². The van der Waals surface area contributed by atoms with E-state index in [1.54, 1.807) is 11.3 Å². The van der Waals surface area contributed by atoms with E-state index >= 15 is 0 Å². The smallest absolute Gasteiger partial charge is 0.0782 e. The number of hydrogen-bond acceptors (Lipinski definition) is 3. The van der Waals surface area contributed by atoms with E-state index in [4.69, 9.17) is 0 Å². The lowest BCUT2D eigenvalue weighted by atomic mass is 10.1. The van der Waals surface area contributed by atoms with Crippen molar-refractivity contribution in [2.45, 2.75) is 38.5 Å². The van der Waals surface area contributed by atoms with Crippen molar-refractivity contribution >= 4 is 33.0 Å². The third-order valence-electron chi connectivity index (χ3n) is 3.64. The van der Waals surface area contributed by atoms with Crippen LogP contribution < -0.4 is 4.90 Å². The molecule has 0 bridgehead atoms. The summed E-state index contributed by atoms with van der Waals surface area (Å²) in [5.41, 5.74) is 2.17. The molecule has 1 unspecified atom stereocenters. The van der Waals surface area contributed by atoms with E-state index in [0.29, 0.717) is 6.04 Å². The molecule has 1 N–H and O–H groups in total. The Morgan fingerprint density at radius 3 is 2.80 bits per heavy atom. The van der Waals surface area contributed by atoms with Crippen LogP contribution in [-0.2, 0) is 6.54 Å². The van der Waals surface area contributed by atoms with Crippen LogP contribution in [0.15, 0.2) is 40.2 Å².